The SMILES string of the molecule is CC1OC(CO)[C@@H](O[C@@H]2OC(CO)[C@H](O)[C@H](O[C@]3(C(=O)[O-])C[C@@H](O)[C@@H](C)C([C@H](O)[C@H](O)CO)O3)C2O)[C@H](O)C1O.[Na+]. The fourth-order valence-electron chi connectivity index (χ4n) is 5.14. The van der Waals surface area contributed by atoms with Crippen LogP contribution >= 0.6 is 0 Å². The number of carboxylic acid groups (broad SMARTS) is 1. The molecule has 0 aromatic carbocycles. The summed E-state index contributed by atoms with van der Waals surface area (Å²) < 4.78 is 27.4. The fourth-order valence-corrected chi connectivity index (χ4v) is 5.14. The van der Waals surface area contributed by atoms with Crippen LogP contribution in [0.5, 0.6) is 0 Å². The number of aliphatic hydroxyl groups excluding tert-OH is 10. The van der Waals surface area contributed by atoms with Crippen LogP contribution in [0.1, 0.15) is 20.3 Å². The van der Waals surface area contributed by atoms with Gasteiger partial charge in [-0.05, 0) is 6.92 Å². The van der Waals surface area contributed by atoms with Crippen molar-refractivity contribution in [2.75, 3.05) is 19.8 Å². The molecule has 17 nitrogen and oxygen atoms in total. The van der Waals surface area contributed by atoms with Crippen LogP contribution in [0.3, 0.4) is 0 Å². The smallest absolute Gasteiger partial charge is 0.544 e. The first-order valence-corrected chi connectivity index (χ1v) is 12.8. The monoisotopic (exact) mass is 610 g/mol. The third-order valence-electron chi connectivity index (χ3n) is 7.70. The van der Waals surface area contributed by atoms with Crippen molar-refractivity contribution in [1.29, 1.82) is 0 Å². The molecule has 3 heterocycles. The molecule has 3 fully saturated rings. The van der Waals surface area contributed by atoms with Gasteiger partial charge in [0, 0.05) is 12.3 Å². The van der Waals surface area contributed by atoms with Crippen molar-refractivity contribution in [3.05, 3.63) is 0 Å². The largest absolute Gasteiger partial charge is 1.00 e. The molecule has 0 bridgehead atoms. The van der Waals surface area contributed by atoms with E-state index in [2.05, 4.69) is 0 Å². The van der Waals surface area contributed by atoms with Crippen molar-refractivity contribution < 1.29 is 114 Å². The molecule has 3 rings (SSSR count). The third kappa shape index (κ3) is 7.58. The van der Waals surface area contributed by atoms with Gasteiger partial charge in [0.15, 0.2) is 6.29 Å². The predicted octanol–water partition coefficient (Wildman–Crippen LogP) is -10.4. The first-order valence-electron chi connectivity index (χ1n) is 12.8. The maximum atomic E-state index is 12.3. The normalized spacial score (nSPS) is 46.8. The summed E-state index contributed by atoms with van der Waals surface area (Å²) in [6.45, 7) is 0.286. The Hall–Kier alpha value is -0.130. The molecule has 3 saturated heterocycles. The minimum absolute atomic E-state index is 0. The number of carbonyl (C=O) groups is 1. The number of aliphatic hydroxyl groups is 10. The zero-order valence-electron chi connectivity index (χ0n) is 22.8. The molecular weight excluding hydrogens is 571 g/mol. The summed E-state index contributed by atoms with van der Waals surface area (Å²) in [6.07, 6.45) is -23.9. The zero-order chi connectivity index (χ0) is 30.1. The van der Waals surface area contributed by atoms with Gasteiger partial charge in [0.1, 0.15) is 67.0 Å². The van der Waals surface area contributed by atoms with Gasteiger partial charge in [-0.3, -0.25) is 0 Å². The van der Waals surface area contributed by atoms with Crippen LogP contribution in [-0.4, -0.2) is 168 Å². The molecule has 0 amide bonds. The van der Waals surface area contributed by atoms with E-state index in [1.807, 2.05) is 0 Å². The number of ether oxygens (including phenoxy) is 5. The Morgan fingerprint density at radius 2 is 1.54 bits per heavy atom. The Morgan fingerprint density at radius 3 is 2.07 bits per heavy atom. The molecule has 3 aliphatic rings. The predicted molar refractivity (Wildman–Crippen MR) is 122 cm³/mol. The fraction of sp³-hybridized carbons (Fsp3) is 0.957. The van der Waals surface area contributed by atoms with Gasteiger partial charge >= 0.3 is 29.6 Å². The van der Waals surface area contributed by atoms with Gasteiger partial charge in [-0.15, -0.1) is 0 Å². The summed E-state index contributed by atoms with van der Waals surface area (Å²) in [5.74, 6) is -6.02. The van der Waals surface area contributed by atoms with Crippen LogP contribution in [0.4, 0.5) is 0 Å². The Bertz CT molecular complexity index is 838. The van der Waals surface area contributed by atoms with Crippen molar-refractivity contribution in [3.63, 3.8) is 0 Å². The van der Waals surface area contributed by atoms with Crippen LogP contribution in [0.2, 0.25) is 0 Å². The van der Waals surface area contributed by atoms with Gasteiger partial charge < -0.3 is 84.7 Å². The summed E-state index contributed by atoms with van der Waals surface area (Å²) in [7, 11) is 0. The molecule has 0 aromatic heterocycles. The second-order valence-electron chi connectivity index (χ2n) is 10.4. The standard InChI is InChI=1S/C23H40O17.Na/c1-7-9(27)3-23(22(34)35,39-18(7)14(30)10(28)4-24)40-20-15(31)11(5-25)37-21(17(20)33)38-19-12(6-26)36-8(2)13(29)16(19)32;/h7-21,24-33H,3-6H2,1-2H3,(H,34,35);/q;+1/p-1/t7-,8?,9-,10-,11?,12?,13?,14-,15+,16-,17?,18?,19-,20+,21+,23+;/m1./s1. The molecule has 234 valence electrons. The Labute approximate surface area is 257 Å². The van der Waals surface area contributed by atoms with E-state index in [1.165, 1.54) is 13.8 Å². The first-order chi connectivity index (χ1) is 18.7. The topological polar surface area (TPSA) is 289 Å². The van der Waals surface area contributed by atoms with E-state index in [0.717, 1.165) is 0 Å². The molecule has 0 aliphatic carbocycles. The van der Waals surface area contributed by atoms with Crippen LogP contribution in [0.25, 0.3) is 0 Å². The van der Waals surface area contributed by atoms with E-state index in [-0.39, 0.29) is 29.6 Å². The number of aliphatic carboxylic acids is 1. The van der Waals surface area contributed by atoms with Gasteiger partial charge in [-0.25, -0.2) is 0 Å². The van der Waals surface area contributed by atoms with E-state index >= 15 is 0 Å². The summed E-state index contributed by atoms with van der Waals surface area (Å²) >= 11 is 0. The molecule has 0 saturated carbocycles. The molecule has 10 N–H and O–H groups in total. The van der Waals surface area contributed by atoms with Crippen LogP contribution < -0.4 is 34.7 Å². The van der Waals surface area contributed by atoms with Crippen molar-refractivity contribution in [1.82, 2.24) is 0 Å². The average Bonchev–Trinajstić information content (AvgIpc) is 2.93. The summed E-state index contributed by atoms with van der Waals surface area (Å²) in [6, 6.07) is 0. The number of hydrogen-bond acceptors (Lipinski definition) is 17. The summed E-state index contributed by atoms with van der Waals surface area (Å²) in [4.78, 5) is 12.3. The Morgan fingerprint density at radius 1 is 0.927 bits per heavy atom. The number of carboxylic acids is 1. The van der Waals surface area contributed by atoms with Gasteiger partial charge in [-0.2, -0.15) is 0 Å². The number of rotatable bonds is 10. The Kier molecular flexibility index (Phi) is 13.8. The minimum Gasteiger partial charge on any atom is -0.544 e. The van der Waals surface area contributed by atoms with Crippen LogP contribution in [0.15, 0.2) is 0 Å². The molecular formula is C23H39NaO17. The van der Waals surface area contributed by atoms with Gasteiger partial charge in [0.25, 0.3) is 0 Å². The quantitative estimate of drug-likeness (QED) is 0.103. The molecule has 18 heteroatoms. The van der Waals surface area contributed by atoms with E-state index in [1.54, 1.807) is 0 Å². The van der Waals surface area contributed by atoms with Gasteiger partial charge in [-0.1, -0.05) is 6.92 Å². The molecule has 0 spiro atoms. The number of hydrogen-bond donors (Lipinski definition) is 10. The van der Waals surface area contributed by atoms with Crippen molar-refractivity contribution in [2.24, 2.45) is 5.92 Å². The molecule has 16 atom stereocenters. The average molecular weight is 611 g/mol. The molecule has 41 heavy (non-hydrogen) atoms. The Balaban J connectivity index is 0.00000588. The minimum atomic E-state index is -2.94. The van der Waals surface area contributed by atoms with E-state index in [0.29, 0.717) is 0 Å². The molecule has 3 aliphatic heterocycles. The second kappa shape index (κ2) is 15.2. The summed E-state index contributed by atoms with van der Waals surface area (Å²) in [5.41, 5.74) is 0. The molecule has 0 radical (unpaired) electrons. The van der Waals surface area contributed by atoms with Gasteiger partial charge in [0.2, 0.25) is 5.79 Å². The van der Waals surface area contributed by atoms with E-state index in [9.17, 15) is 61.0 Å². The first kappa shape index (κ1) is 37.1. The van der Waals surface area contributed by atoms with Gasteiger partial charge in [0.05, 0.1) is 38.1 Å². The van der Waals surface area contributed by atoms with E-state index in [4.69, 9.17) is 23.7 Å². The molecule has 0 aromatic rings. The summed E-state index contributed by atoms with van der Waals surface area (Å²) in [5, 5.41) is 114. The van der Waals surface area contributed by atoms with Crippen molar-refractivity contribution in [2.45, 2.75) is 112 Å². The maximum Gasteiger partial charge on any atom is 1.00 e. The third-order valence-corrected chi connectivity index (χ3v) is 7.70. The second-order valence-corrected chi connectivity index (χ2v) is 10.4. The molecule has 6 unspecified atom stereocenters. The van der Waals surface area contributed by atoms with Crippen molar-refractivity contribution >= 4 is 5.97 Å². The van der Waals surface area contributed by atoms with Crippen LogP contribution in [0, 0.1) is 5.92 Å². The zero-order valence-corrected chi connectivity index (χ0v) is 24.8. The van der Waals surface area contributed by atoms with E-state index < -0.39 is 130 Å². The van der Waals surface area contributed by atoms with Crippen molar-refractivity contribution in [3.8, 4) is 0 Å². The van der Waals surface area contributed by atoms with Crippen LogP contribution in [-0.2, 0) is 28.5 Å². The number of carbonyl (C=O) groups excluding carboxylic acids is 1. The maximum absolute atomic E-state index is 12.3.